The maximum absolute atomic E-state index is 10.9. The summed E-state index contributed by atoms with van der Waals surface area (Å²) in [5.41, 5.74) is 0. The van der Waals surface area contributed by atoms with Crippen molar-refractivity contribution in [1.82, 2.24) is 10.6 Å². The molecule has 1 aliphatic rings. The van der Waals surface area contributed by atoms with E-state index in [1.807, 2.05) is 10.6 Å². The Morgan fingerprint density at radius 3 is 1.91 bits per heavy atom. The van der Waals surface area contributed by atoms with Gasteiger partial charge in [-0.2, -0.15) is 0 Å². The SMILES string of the molecule is CC1(Br)C(=O)NC(=O)NC1=O. The van der Waals surface area contributed by atoms with E-state index in [0.717, 1.165) is 0 Å². The Morgan fingerprint density at radius 1 is 1.18 bits per heavy atom. The first kappa shape index (κ1) is 8.19. The molecule has 0 spiro atoms. The van der Waals surface area contributed by atoms with Gasteiger partial charge in [0.1, 0.15) is 0 Å². The number of barbiturate groups is 1. The minimum atomic E-state index is -1.33. The third kappa shape index (κ3) is 1.25. The summed E-state index contributed by atoms with van der Waals surface area (Å²) < 4.78 is -1.33. The molecule has 60 valence electrons. The summed E-state index contributed by atoms with van der Waals surface area (Å²) in [6.45, 7) is 1.37. The molecule has 4 amide bonds. The van der Waals surface area contributed by atoms with E-state index in [0.29, 0.717) is 0 Å². The number of halogens is 1. The van der Waals surface area contributed by atoms with Gasteiger partial charge in [-0.05, 0) is 6.92 Å². The fourth-order valence-electron chi connectivity index (χ4n) is 0.575. The summed E-state index contributed by atoms with van der Waals surface area (Å²) in [6.07, 6.45) is 0. The van der Waals surface area contributed by atoms with Crippen LogP contribution >= 0.6 is 15.9 Å². The van der Waals surface area contributed by atoms with Crippen LogP contribution in [0.2, 0.25) is 0 Å². The van der Waals surface area contributed by atoms with E-state index in [9.17, 15) is 14.4 Å². The van der Waals surface area contributed by atoms with Gasteiger partial charge in [-0.1, -0.05) is 15.9 Å². The number of urea groups is 1. The van der Waals surface area contributed by atoms with Crippen molar-refractivity contribution in [3.63, 3.8) is 0 Å². The predicted molar refractivity (Wildman–Crippen MR) is 39.0 cm³/mol. The quantitative estimate of drug-likeness (QED) is 0.428. The summed E-state index contributed by atoms with van der Waals surface area (Å²) in [7, 11) is 0. The van der Waals surface area contributed by atoms with Gasteiger partial charge >= 0.3 is 6.03 Å². The van der Waals surface area contributed by atoms with Gasteiger partial charge in [0.05, 0.1) is 0 Å². The van der Waals surface area contributed by atoms with E-state index in [1.165, 1.54) is 6.92 Å². The molecule has 0 aromatic heterocycles. The molecule has 0 radical (unpaired) electrons. The molecule has 0 aliphatic carbocycles. The minimum Gasteiger partial charge on any atom is -0.276 e. The lowest BCUT2D eigenvalue weighted by molar-refractivity contribution is -0.132. The lowest BCUT2D eigenvalue weighted by Crippen LogP contribution is -2.62. The molecule has 0 unspecified atom stereocenters. The highest BCUT2D eigenvalue weighted by atomic mass is 79.9. The zero-order valence-corrected chi connectivity index (χ0v) is 7.19. The van der Waals surface area contributed by atoms with Gasteiger partial charge in [0, 0.05) is 0 Å². The number of imide groups is 2. The molecule has 1 rings (SSSR count). The lowest BCUT2D eigenvalue weighted by atomic mass is 10.1. The van der Waals surface area contributed by atoms with Gasteiger partial charge in [0.2, 0.25) is 0 Å². The monoisotopic (exact) mass is 220 g/mol. The van der Waals surface area contributed by atoms with Gasteiger partial charge in [-0.25, -0.2) is 4.79 Å². The second-order valence-corrected chi connectivity index (χ2v) is 3.83. The normalized spacial score (nSPS) is 22.5. The molecule has 0 saturated carbocycles. The second-order valence-electron chi connectivity index (χ2n) is 2.24. The molecule has 0 atom stereocenters. The van der Waals surface area contributed by atoms with Crippen LogP contribution in [0.5, 0.6) is 0 Å². The van der Waals surface area contributed by atoms with Crippen LogP contribution in [0.25, 0.3) is 0 Å². The smallest absolute Gasteiger partial charge is 0.276 e. The van der Waals surface area contributed by atoms with Crippen molar-refractivity contribution in [2.24, 2.45) is 0 Å². The number of hydrogen-bond acceptors (Lipinski definition) is 3. The first-order valence-electron chi connectivity index (χ1n) is 2.80. The third-order valence-corrected chi connectivity index (χ3v) is 2.03. The Morgan fingerprint density at radius 2 is 1.55 bits per heavy atom. The van der Waals surface area contributed by atoms with Crippen molar-refractivity contribution < 1.29 is 14.4 Å². The zero-order valence-electron chi connectivity index (χ0n) is 5.60. The molecule has 1 heterocycles. The van der Waals surface area contributed by atoms with Crippen LogP contribution in [0, 0.1) is 0 Å². The minimum absolute atomic E-state index is 0.647. The second kappa shape index (κ2) is 2.30. The van der Waals surface area contributed by atoms with Gasteiger partial charge in [-0.3, -0.25) is 20.2 Å². The highest BCUT2D eigenvalue weighted by Gasteiger charge is 2.43. The zero-order chi connectivity index (χ0) is 8.65. The van der Waals surface area contributed by atoms with Crippen molar-refractivity contribution in [2.75, 3.05) is 0 Å². The van der Waals surface area contributed by atoms with Crippen LogP contribution in [-0.4, -0.2) is 22.2 Å². The van der Waals surface area contributed by atoms with Crippen LogP contribution in [0.15, 0.2) is 0 Å². The van der Waals surface area contributed by atoms with Crippen LogP contribution < -0.4 is 10.6 Å². The van der Waals surface area contributed by atoms with Crippen LogP contribution in [-0.2, 0) is 9.59 Å². The molecule has 5 nitrogen and oxygen atoms in total. The maximum Gasteiger partial charge on any atom is 0.328 e. The molecule has 1 saturated heterocycles. The molecule has 6 heteroatoms. The summed E-state index contributed by atoms with van der Waals surface area (Å²) in [6, 6.07) is -0.781. The first-order chi connectivity index (χ1) is 4.94. The van der Waals surface area contributed by atoms with Crippen LogP contribution in [0.3, 0.4) is 0 Å². The van der Waals surface area contributed by atoms with E-state index in [1.54, 1.807) is 0 Å². The van der Waals surface area contributed by atoms with Crippen molar-refractivity contribution in [2.45, 2.75) is 11.2 Å². The van der Waals surface area contributed by atoms with Gasteiger partial charge in [-0.15, -0.1) is 0 Å². The molecule has 11 heavy (non-hydrogen) atoms. The highest BCUT2D eigenvalue weighted by molar-refractivity contribution is 9.10. The first-order valence-corrected chi connectivity index (χ1v) is 3.59. The van der Waals surface area contributed by atoms with Crippen LogP contribution in [0.1, 0.15) is 6.92 Å². The van der Waals surface area contributed by atoms with E-state index >= 15 is 0 Å². The van der Waals surface area contributed by atoms with Crippen molar-refractivity contribution in [3.05, 3.63) is 0 Å². The molecule has 2 N–H and O–H groups in total. The Kier molecular flexibility index (Phi) is 1.71. The van der Waals surface area contributed by atoms with Crippen molar-refractivity contribution >= 4 is 33.8 Å². The molecule has 0 aromatic carbocycles. The van der Waals surface area contributed by atoms with Crippen molar-refractivity contribution in [3.8, 4) is 0 Å². The topological polar surface area (TPSA) is 75.3 Å². The largest absolute Gasteiger partial charge is 0.328 e. The Balaban J connectivity index is 2.93. The highest BCUT2D eigenvalue weighted by Crippen LogP contribution is 2.19. The fourth-order valence-corrected chi connectivity index (χ4v) is 0.774. The van der Waals surface area contributed by atoms with Gasteiger partial charge in [0.15, 0.2) is 4.32 Å². The maximum atomic E-state index is 10.9. The number of hydrogen-bond donors (Lipinski definition) is 2. The molecular formula is C5H5BrN2O3. The van der Waals surface area contributed by atoms with Gasteiger partial charge in [0.25, 0.3) is 11.8 Å². The van der Waals surface area contributed by atoms with E-state index in [2.05, 4.69) is 15.9 Å². The standard InChI is InChI=1S/C5H5BrN2O3/c1-5(6)2(9)7-4(11)8-3(5)10/h1H3,(H2,7,8,9,10,11). The Hall–Kier alpha value is -0.910. The molecule has 0 aromatic rings. The number of carbonyl (C=O) groups is 3. The molecule has 1 fully saturated rings. The van der Waals surface area contributed by atoms with Crippen LogP contribution in [0.4, 0.5) is 4.79 Å². The summed E-state index contributed by atoms with van der Waals surface area (Å²) in [4.78, 5) is 32.3. The van der Waals surface area contributed by atoms with Gasteiger partial charge < -0.3 is 0 Å². The van der Waals surface area contributed by atoms with E-state index in [4.69, 9.17) is 0 Å². The molecule has 0 bridgehead atoms. The van der Waals surface area contributed by atoms with Crippen molar-refractivity contribution in [1.29, 1.82) is 0 Å². The number of alkyl halides is 1. The summed E-state index contributed by atoms with van der Waals surface area (Å²) in [5, 5.41) is 3.89. The fraction of sp³-hybridized carbons (Fsp3) is 0.400. The molecular weight excluding hydrogens is 216 g/mol. The third-order valence-electron chi connectivity index (χ3n) is 1.31. The van der Waals surface area contributed by atoms with E-state index in [-0.39, 0.29) is 0 Å². The lowest BCUT2D eigenvalue weighted by Gasteiger charge is -2.24. The number of nitrogens with one attached hydrogen (secondary N) is 2. The predicted octanol–water partition coefficient (Wildman–Crippen LogP) is -0.494. The molecule has 1 aliphatic heterocycles. The Bertz CT molecular complexity index is 226. The average molecular weight is 221 g/mol. The number of carbonyl (C=O) groups excluding carboxylic acids is 3. The summed E-state index contributed by atoms with van der Waals surface area (Å²) >= 11 is 2.87. The Labute approximate surface area is 70.6 Å². The number of rotatable bonds is 0. The average Bonchev–Trinajstić information content (AvgIpc) is 1.84. The number of amides is 4. The summed E-state index contributed by atoms with van der Waals surface area (Å²) in [5.74, 6) is -1.29. The van der Waals surface area contributed by atoms with E-state index < -0.39 is 22.2 Å².